The number of nitro benzene ring substituents is 1. The quantitative estimate of drug-likeness (QED) is 0.643. The summed E-state index contributed by atoms with van der Waals surface area (Å²) in [6, 6.07) is 4.19. The summed E-state index contributed by atoms with van der Waals surface area (Å²) >= 11 is 5.87. The number of urea groups is 1. The topological polar surface area (TPSA) is 95.8 Å². The second-order valence-corrected chi connectivity index (χ2v) is 7.06. The molecule has 3 amide bonds. The zero-order valence-corrected chi connectivity index (χ0v) is 15.1. The second-order valence-electron chi connectivity index (χ2n) is 6.65. The van der Waals surface area contributed by atoms with Gasteiger partial charge in [-0.2, -0.15) is 0 Å². The molecule has 0 spiro atoms. The number of carbonyl (C=O) groups excluding carboxylic acids is 2. The Kier molecular flexibility index (Phi) is 5.61. The van der Waals surface area contributed by atoms with E-state index in [0.29, 0.717) is 31.6 Å². The normalized spacial score (nSPS) is 18.0. The molecule has 1 N–H and O–H groups in total. The van der Waals surface area contributed by atoms with Crippen LogP contribution >= 0.6 is 11.6 Å². The van der Waals surface area contributed by atoms with Gasteiger partial charge < -0.3 is 15.1 Å². The molecule has 0 unspecified atom stereocenters. The Labute approximate surface area is 156 Å². The van der Waals surface area contributed by atoms with Crippen molar-refractivity contribution in [3.8, 4) is 0 Å². The lowest BCUT2D eigenvalue weighted by atomic mass is 9.96. The predicted octanol–water partition coefficient (Wildman–Crippen LogP) is 3.11. The van der Waals surface area contributed by atoms with Crippen LogP contribution in [0.3, 0.4) is 0 Å². The van der Waals surface area contributed by atoms with E-state index in [-0.39, 0.29) is 28.6 Å². The highest BCUT2D eigenvalue weighted by atomic mass is 35.5. The molecule has 3 rings (SSSR count). The summed E-state index contributed by atoms with van der Waals surface area (Å²) in [5.41, 5.74) is 0.236. The molecule has 0 aliphatic carbocycles. The van der Waals surface area contributed by atoms with E-state index in [1.165, 1.54) is 18.2 Å². The average molecular weight is 381 g/mol. The number of hydrogen-bond acceptors (Lipinski definition) is 4. The number of benzene rings is 1. The molecule has 1 aromatic rings. The summed E-state index contributed by atoms with van der Waals surface area (Å²) in [5, 5.41) is 13.5. The Hall–Kier alpha value is -2.35. The molecular formula is C17H21ClN4O4. The third-order valence-electron chi connectivity index (χ3n) is 4.92. The zero-order chi connectivity index (χ0) is 18.7. The third kappa shape index (κ3) is 4.07. The third-order valence-corrected chi connectivity index (χ3v) is 5.23. The van der Waals surface area contributed by atoms with E-state index >= 15 is 0 Å². The van der Waals surface area contributed by atoms with Gasteiger partial charge in [0.15, 0.2) is 0 Å². The SMILES string of the molecule is O=C(Nc1ccc([N+](=O)[O-])c(Cl)c1)C1CCN(C(=O)N2CCCC2)CC1. The van der Waals surface area contributed by atoms with Crippen LogP contribution in [0.5, 0.6) is 0 Å². The molecule has 2 saturated heterocycles. The first-order valence-electron chi connectivity index (χ1n) is 8.74. The summed E-state index contributed by atoms with van der Waals surface area (Å²) in [7, 11) is 0. The Morgan fingerprint density at radius 2 is 1.73 bits per heavy atom. The van der Waals surface area contributed by atoms with E-state index in [2.05, 4.69) is 5.32 Å². The number of hydrogen-bond donors (Lipinski definition) is 1. The maximum absolute atomic E-state index is 12.4. The molecule has 1 aromatic carbocycles. The Morgan fingerprint density at radius 1 is 1.12 bits per heavy atom. The minimum absolute atomic E-state index is 0.0150. The molecular weight excluding hydrogens is 360 g/mol. The first kappa shape index (κ1) is 18.4. The van der Waals surface area contributed by atoms with Crippen LogP contribution in [0.15, 0.2) is 18.2 Å². The van der Waals surface area contributed by atoms with Gasteiger partial charge in [0.25, 0.3) is 5.69 Å². The van der Waals surface area contributed by atoms with E-state index in [4.69, 9.17) is 11.6 Å². The summed E-state index contributed by atoms with van der Waals surface area (Å²) in [6.07, 6.45) is 3.32. The first-order valence-corrected chi connectivity index (χ1v) is 9.12. The van der Waals surface area contributed by atoms with Crippen molar-refractivity contribution in [3.63, 3.8) is 0 Å². The smallest absolute Gasteiger partial charge is 0.319 e. The van der Waals surface area contributed by atoms with Gasteiger partial charge in [-0.25, -0.2) is 4.79 Å². The number of halogens is 1. The Morgan fingerprint density at radius 3 is 2.31 bits per heavy atom. The molecule has 26 heavy (non-hydrogen) atoms. The van der Waals surface area contributed by atoms with Crippen LogP contribution in [-0.4, -0.2) is 52.8 Å². The summed E-state index contributed by atoms with van der Waals surface area (Å²) in [5.74, 6) is -0.338. The van der Waals surface area contributed by atoms with Gasteiger partial charge >= 0.3 is 6.03 Å². The second kappa shape index (κ2) is 7.90. The summed E-state index contributed by atoms with van der Waals surface area (Å²) < 4.78 is 0. The number of likely N-dealkylation sites (tertiary alicyclic amines) is 2. The number of piperidine rings is 1. The average Bonchev–Trinajstić information content (AvgIpc) is 3.15. The van der Waals surface area contributed by atoms with Gasteiger partial charge in [-0.15, -0.1) is 0 Å². The molecule has 9 heteroatoms. The van der Waals surface area contributed by atoms with Crippen molar-refractivity contribution in [1.29, 1.82) is 0 Å². The number of nitrogens with zero attached hydrogens (tertiary/aromatic N) is 3. The summed E-state index contributed by atoms with van der Waals surface area (Å²) in [6.45, 7) is 2.77. The van der Waals surface area contributed by atoms with E-state index in [1.807, 2.05) is 9.80 Å². The van der Waals surface area contributed by atoms with Crippen LogP contribution in [0, 0.1) is 16.0 Å². The summed E-state index contributed by atoms with van der Waals surface area (Å²) in [4.78, 5) is 38.7. The van der Waals surface area contributed by atoms with Crippen LogP contribution in [0.2, 0.25) is 5.02 Å². The van der Waals surface area contributed by atoms with Crippen LogP contribution in [0.25, 0.3) is 0 Å². The zero-order valence-electron chi connectivity index (χ0n) is 14.3. The highest BCUT2D eigenvalue weighted by Gasteiger charge is 2.30. The molecule has 2 heterocycles. The van der Waals surface area contributed by atoms with Crippen LogP contribution < -0.4 is 5.32 Å². The van der Waals surface area contributed by atoms with Gasteiger partial charge in [-0.3, -0.25) is 14.9 Å². The van der Waals surface area contributed by atoms with Crippen molar-refractivity contribution in [2.45, 2.75) is 25.7 Å². The highest BCUT2D eigenvalue weighted by Crippen LogP contribution is 2.28. The van der Waals surface area contributed by atoms with Crippen molar-refractivity contribution >= 4 is 34.9 Å². The number of rotatable bonds is 3. The molecule has 0 radical (unpaired) electrons. The standard InChI is InChI=1S/C17H21ClN4O4/c18-14-11-13(3-4-15(14)22(25)26)19-16(23)12-5-9-21(10-6-12)17(24)20-7-1-2-8-20/h3-4,11-12H,1-2,5-10H2,(H,19,23). The Bertz CT molecular complexity index is 713. The fourth-order valence-corrected chi connectivity index (χ4v) is 3.67. The number of amides is 3. The van der Waals surface area contributed by atoms with Gasteiger partial charge in [0.1, 0.15) is 5.02 Å². The van der Waals surface area contributed by atoms with E-state index in [1.54, 1.807) is 0 Å². The predicted molar refractivity (Wildman–Crippen MR) is 97.2 cm³/mol. The van der Waals surface area contributed by atoms with Crippen molar-refractivity contribution in [2.24, 2.45) is 5.92 Å². The van der Waals surface area contributed by atoms with Gasteiger partial charge in [0.2, 0.25) is 5.91 Å². The monoisotopic (exact) mass is 380 g/mol. The first-order chi connectivity index (χ1) is 12.5. The van der Waals surface area contributed by atoms with Crippen LogP contribution in [0.4, 0.5) is 16.2 Å². The van der Waals surface area contributed by atoms with Crippen molar-refractivity contribution < 1.29 is 14.5 Å². The molecule has 0 saturated carbocycles. The molecule has 2 aliphatic heterocycles. The Balaban J connectivity index is 1.53. The molecule has 0 bridgehead atoms. The molecule has 8 nitrogen and oxygen atoms in total. The minimum atomic E-state index is -0.568. The number of nitro groups is 1. The van der Waals surface area contributed by atoms with Crippen LogP contribution in [-0.2, 0) is 4.79 Å². The van der Waals surface area contributed by atoms with Crippen molar-refractivity contribution in [1.82, 2.24) is 9.80 Å². The maximum atomic E-state index is 12.4. The van der Waals surface area contributed by atoms with Crippen LogP contribution in [0.1, 0.15) is 25.7 Å². The highest BCUT2D eigenvalue weighted by molar-refractivity contribution is 6.33. The van der Waals surface area contributed by atoms with Gasteiger partial charge in [-0.1, -0.05) is 11.6 Å². The van der Waals surface area contributed by atoms with Gasteiger partial charge in [0, 0.05) is 43.9 Å². The van der Waals surface area contributed by atoms with E-state index < -0.39 is 4.92 Å². The molecule has 2 aliphatic rings. The van der Waals surface area contributed by atoms with Gasteiger partial charge in [-0.05, 0) is 37.8 Å². The molecule has 2 fully saturated rings. The van der Waals surface area contributed by atoms with Crippen molar-refractivity contribution in [3.05, 3.63) is 33.3 Å². The molecule has 0 aromatic heterocycles. The lowest BCUT2D eigenvalue weighted by Crippen LogP contribution is -2.47. The van der Waals surface area contributed by atoms with E-state index in [9.17, 15) is 19.7 Å². The largest absolute Gasteiger partial charge is 0.326 e. The fourth-order valence-electron chi connectivity index (χ4n) is 3.42. The van der Waals surface area contributed by atoms with Gasteiger partial charge in [0.05, 0.1) is 4.92 Å². The molecule has 140 valence electrons. The minimum Gasteiger partial charge on any atom is -0.326 e. The maximum Gasteiger partial charge on any atom is 0.319 e. The molecule has 0 atom stereocenters. The van der Waals surface area contributed by atoms with Crippen molar-refractivity contribution in [2.75, 3.05) is 31.5 Å². The number of anilines is 1. The lowest BCUT2D eigenvalue weighted by molar-refractivity contribution is -0.384. The lowest BCUT2D eigenvalue weighted by Gasteiger charge is -2.34. The number of nitrogens with one attached hydrogen (secondary N) is 1. The van der Waals surface area contributed by atoms with E-state index in [0.717, 1.165) is 25.9 Å². The fraction of sp³-hybridized carbons (Fsp3) is 0.529. The number of carbonyl (C=O) groups is 2.